The van der Waals surface area contributed by atoms with Crippen molar-refractivity contribution in [2.45, 2.75) is 31.8 Å². The van der Waals surface area contributed by atoms with Crippen molar-refractivity contribution >= 4 is 0 Å². The molecule has 0 bridgehead atoms. The van der Waals surface area contributed by atoms with Crippen LogP contribution in [0.4, 0.5) is 0 Å². The number of ether oxygens (including phenoxy) is 1. The Bertz CT molecular complexity index is 55.4. The second-order valence-corrected chi connectivity index (χ2v) is 2.31. The zero-order valence-corrected chi connectivity index (χ0v) is 5.39. The highest BCUT2D eigenvalue weighted by molar-refractivity contribution is 4.77. The highest BCUT2D eigenvalue weighted by Crippen LogP contribution is 2.18. The van der Waals surface area contributed by atoms with Crippen LogP contribution in [-0.2, 0) is 4.74 Å². The molecule has 0 unspecified atom stereocenters. The summed E-state index contributed by atoms with van der Waals surface area (Å²) in [4.78, 5) is 0. The van der Waals surface area contributed by atoms with Gasteiger partial charge in [0.15, 0.2) is 0 Å². The standard InChI is InChI=1S/C7H13O/c1-8-7-5-3-2-4-6-7/h3,7H,2,4-6H2,1H3/t7-/m0/s1. The van der Waals surface area contributed by atoms with Crippen molar-refractivity contribution in [1.29, 1.82) is 0 Å². The Morgan fingerprint density at radius 1 is 1.62 bits per heavy atom. The van der Waals surface area contributed by atoms with Crippen LogP contribution in [0.3, 0.4) is 0 Å². The normalized spacial score (nSPS) is 23.6. The maximum Gasteiger partial charge on any atom is 0.0574 e. The van der Waals surface area contributed by atoms with E-state index in [4.69, 9.17) is 4.74 Å². The zero-order valence-electron chi connectivity index (χ0n) is 5.39. The van der Waals surface area contributed by atoms with E-state index in [2.05, 4.69) is 6.42 Å². The van der Waals surface area contributed by atoms with Crippen LogP contribution in [0.2, 0.25) is 0 Å². The van der Waals surface area contributed by atoms with Gasteiger partial charge in [-0.25, -0.2) is 0 Å². The van der Waals surface area contributed by atoms with Crippen molar-refractivity contribution in [1.82, 2.24) is 0 Å². The van der Waals surface area contributed by atoms with Crippen LogP contribution in [0.25, 0.3) is 0 Å². The lowest BCUT2D eigenvalue weighted by molar-refractivity contribution is 0.0836. The van der Waals surface area contributed by atoms with Crippen LogP contribution in [-0.4, -0.2) is 13.2 Å². The molecule has 1 atom stereocenters. The molecule has 0 aromatic carbocycles. The molecule has 1 heteroatoms. The highest BCUT2D eigenvalue weighted by atomic mass is 16.5. The van der Waals surface area contributed by atoms with Gasteiger partial charge in [0.2, 0.25) is 0 Å². The van der Waals surface area contributed by atoms with Crippen molar-refractivity contribution in [3.63, 3.8) is 0 Å². The molecule has 1 aliphatic rings. The van der Waals surface area contributed by atoms with Crippen LogP contribution >= 0.6 is 0 Å². The molecular weight excluding hydrogens is 100 g/mol. The fraction of sp³-hybridized carbons (Fsp3) is 0.857. The molecule has 8 heavy (non-hydrogen) atoms. The van der Waals surface area contributed by atoms with Crippen LogP contribution < -0.4 is 0 Å². The molecule has 0 spiro atoms. The molecule has 0 amide bonds. The van der Waals surface area contributed by atoms with Gasteiger partial charge < -0.3 is 4.74 Å². The molecule has 0 aliphatic heterocycles. The maximum atomic E-state index is 5.16. The molecule has 1 rings (SSSR count). The van der Waals surface area contributed by atoms with Crippen LogP contribution in [0, 0.1) is 6.42 Å². The predicted octanol–water partition coefficient (Wildman–Crippen LogP) is 1.78. The van der Waals surface area contributed by atoms with Gasteiger partial charge in [-0.2, -0.15) is 0 Å². The summed E-state index contributed by atoms with van der Waals surface area (Å²) >= 11 is 0. The number of hydrogen-bond donors (Lipinski definition) is 0. The molecule has 47 valence electrons. The molecule has 1 nitrogen and oxygen atoms in total. The van der Waals surface area contributed by atoms with Crippen LogP contribution in [0.5, 0.6) is 0 Å². The number of methoxy groups -OCH3 is 1. The predicted molar refractivity (Wildman–Crippen MR) is 33.6 cm³/mol. The Morgan fingerprint density at radius 2 is 2.50 bits per heavy atom. The van der Waals surface area contributed by atoms with E-state index in [0.29, 0.717) is 6.10 Å². The quantitative estimate of drug-likeness (QED) is 0.503. The van der Waals surface area contributed by atoms with E-state index in [-0.39, 0.29) is 0 Å². The van der Waals surface area contributed by atoms with Gasteiger partial charge in [0.05, 0.1) is 6.10 Å². The second-order valence-electron chi connectivity index (χ2n) is 2.31. The average molecular weight is 113 g/mol. The van der Waals surface area contributed by atoms with E-state index in [1.54, 1.807) is 7.11 Å². The van der Waals surface area contributed by atoms with Crippen molar-refractivity contribution in [2.24, 2.45) is 0 Å². The first kappa shape index (κ1) is 6.09. The third kappa shape index (κ3) is 1.48. The fourth-order valence-electron chi connectivity index (χ4n) is 1.13. The number of rotatable bonds is 1. The highest BCUT2D eigenvalue weighted by Gasteiger charge is 2.10. The largest absolute Gasteiger partial charge is 0.381 e. The van der Waals surface area contributed by atoms with Crippen molar-refractivity contribution < 1.29 is 4.74 Å². The smallest absolute Gasteiger partial charge is 0.0574 e. The topological polar surface area (TPSA) is 9.23 Å². The summed E-state index contributed by atoms with van der Waals surface area (Å²) in [6.45, 7) is 0. The minimum Gasteiger partial charge on any atom is -0.381 e. The Kier molecular flexibility index (Phi) is 2.34. The number of hydrogen-bond acceptors (Lipinski definition) is 1. The summed E-state index contributed by atoms with van der Waals surface area (Å²) in [6, 6.07) is 0. The first-order chi connectivity index (χ1) is 3.93. The third-order valence-corrected chi connectivity index (χ3v) is 1.70. The van der Waals surface area contributed by atoms with E-state index < -0.39 is 0 Å². The van der Waals surface area contributed by atoms with E-state index in [0.717, 1.165) is 6.42 Å². The monoisotopic (exact) mass is 113 g/mol. The SMILES string of the molecule is CO[C@H]1C[CH]CCC1. The lowest BCUT2D eigenvalue weighted by Gasteiger charge is -2.18. The molecule has 0 N–H and O–H groups in total. The Morgan fingerprint density at radius 3 is 2.88 bits per heavy atom. The van der Waals surface area contributed by atoms with E-state index >= 15 is 0 Å². The second kappa shape index (κ2) is 3.08. The molecule has 0 saturated heterocycles. The summed E-state index contributed by atoms with van der Waals surface area (Å²) in [7, 11) is 1.80. The Hall–Kier alpha value is -0.0400. The molecule has 1 saturated carbocycles. The Labute approximate surface area is 51.0 Å². The summed E-state index contributed by atoms with van der Waals surface area (Å²) < 4.78 is 5.16. The molecule has 1 fully saturated rings. The Balaban J connectivity index is 2.13. The van der Waals surface area contributed by atoms with Gasteiger partial charge in [-0.05, 0) is 25.7 Å². The summed E-state index contributed by atoms with van der Waals surface area (Å²) in [6.07, 6.45) is 7.88. The van der Waals surface area contributed by atoms with Gasteiger partial charge in [-0.15, -0.1) is 0 Å². The molecule has 0 aromatic heterocycles. The zero-order chi connectivity index (χ0) is 5.82. The molecule has 0 heterocycles. The van der Waals surface area contributed by atoms with Gasteiger partial charge in [0, 0.05) is 7.11 Å². The minimum atomic E-state index is 0.531. The molecular formula is C7H13O. The summed E-state index contributed by atoms with van der Waals surface area (Å²) in [5, 5.41) is 0. The van der Waals surface area contributed by atoms with Crippen molar-refractivity contribution in [2.75, 3.05) is 7.11 Å². The first-order valence-corrected chi connectivity index (χ1v) is 3.28. The first-order valence-electron chi connectivity index (χ1n) is 3.28. The van der Waals surface area contributed by atoms with Gasteiger partial charge in [-0.1, -0.05) is 6.42 Å². The lowest BCUT2D eigenvalue weighted by Crippen LogP contribution is -2.14. The van der Waals surface area contributed by atoms with Crippen molar-refractivity contribution in [3.05, 3.63) is 6.42 Å². The van der Waals surface area contributed by atoms with Crippen LogP contribution in [0.1, 0.15) is 25.7 Å². The van der Waals surface area contributed by atoms with E-state index in [1.165, 1.54) is 19.3 Å². The van der Waals surface area contributed by atoms with Gasteiger partial charge in [0.1, 0.15) is 0 Å². The minimum absolute atomic E-state index is 0.531. The average Bonchev–Trinajstić information content (AvgIpc) is 1.90. The lowest BCUT2D eigenvalue weighted by atomic mass is 9.98. The van der Waals surface area contributed by atoms with E-state index in [9.17, 15) is 0 Å². The van der Waals surface area contributed by atoms with Gasteiger partial charge in [0.25, 0.3) is 0 Å². The van der Waals surface area contributed by atoms with Crippen LogP contribution in [0.15, 0.2) is 0 Å². The van der Waals surface area contributed by atoms with Gasteiger partial charge >= 0.3 is 0 Å². The molecule has 0 aromatic rings. The summed E-state index contributed by atoms with van der Waals surface area (Å²) in [5.74, 6) is 0. The van der Waals surface area contributed by atoms with Crippen molar-refractivity contribution in [3.8, 4) is 0 Å². The van der Waals surface area contributed by atoms with E-state index in [1.807, 2.05) is 0 Å². The molecule has 1 radical (unpaired) electrons. The van der Waals surface area contributed by atoms with Gasteiger partial charge in [-0.3, -0.25) is 0 Å². The maximum absolute atomic E-state index is 5.16. The fourth-order valence-corrected chi connectivity index (χ4v) is 1.13. The molecule has 1 aliphatic carbocycles. The third-order valence-electron chi connectivity index (χ3n) is 1.70. The summed E-state index contributed by atoms with van der Waals surface area (Å²) in [5.41, 5.74) is 0.